The molecule has 0 saturated heterocycles. The molecule has 7 nitrogen and oxygen atoms in total. The van der Waals surface area contributed by atoms with E-state index >= 15 is 0 Å². The van der Waals surface area contributed by atoms with Crippen molar-refractivity contribution in [2.24, 2.45) is 5.92 Å². The van der Waals surface area contributed by atoms with Gasteiger partial charge in [-0.2, -0.15) is 0 Å². The highest BCUT2D eigenvalue weighted by molar-refractivity contribution is 5.86. The van der Waals surface area contributed by atoms with Crippen LogP contribution in [0.3, 0.4) is 0 Å². The second-order valence-electron chi connectivity index (χ2n) is 5.33. The molecule has 0 saturated carbocycles. The van der Waals surface area contributed by atoms with Gasteiger partial charge in [0.25, 0.3) is 0 Å². The van der Waals surface area contributed by atoms with Crippen molar-refractivity contribution in [3.63, 3.8) is 0 Å². The molecule has 1 unspecified atom stereocenters. The molecule has 0 aliphatic carbocycles. The molecule has 0 bridgehead atoms. The molecule has 2 amide bonds. The van der Waals surface area contributed by atoms with Crippen LogP contribution in [0, 0.1) is 5.92 Å². The Morgan fingerprint density at radius 2 is 1.60 bits per heavy atom. The molecular weight excluding hydrogens is 264 g/mol. The molecule has 0 heterocycles. The fraction of sp³-hybridized carbons (Fsp3) is 0.769. The van der Waals surface area contributed by atoms with Crippen LogP contribution in [0.2, 0.25) is 0 Å². The number of urea groups is 1. The Morgan fingerprint density at radius 1 is 1.00 bits per heavy atom. The SMILES string of the molecule is CC(C)CCCC(C)NC(=O)N[C@@H](CC(=O)O)C(=O)O. The molecule has 0 aromatic heterocycles. The van der Waals surface area contributed by atoms with Gasteiger partial charge in [-0.1, -0.05) is 26.7 Å². The maximum atomic E-state index is 11.6. The maximum Gasteiger partial charge on any atom is 0.326 e. The second kappa shape index (κ2) is 9.17. The van der Waals surface area contributed by atoms with Gasteiger partial charge < -0.3 is 20.8 Å². The Bertz CT molecular complexity index is 344. The van der Waals surface area contributed by atoms with Crippen LogP contribution in [0.4, 0.5) is 4.79 Å². The van der Waals surface area contributed by atoms with Crippen LogP contribution in [0.25, 0.3) is 0 Å². The number of nitrogens with one attached hydrogen (secondary N) is 2. The van der Waals surface area contributed by atoms with Crippen molar-refractivity contribution in [1.82, 2.24) is 10.6 Å². The Balaban J connectivity index is 4.11. The van der Waals surface area contributed by atoms with Crippen molar-refractivity contribution < 1.29 is 24.6 Å². The summed E-state index contributed by atoms with van der Waals surface area (Å²) in [4.78, 5) is 32.9. The van der Waals surface area contributed by atoms with Crippen LogP contribution in [0.5, 0.6) is 0 Å². The van der Waals surface area contributed by atoms with Gasteiger partial charge in [0.15, 0.2) is 0 Å². The van der Waals surface area contributed by atoms with Gasteiger partial charge in [-0.05, 0) is 19.3 Å². The summed E-state index contributed by atoms with van der Waals surface area (Å²) < 4.78 is 0. The molecule has 0 aromatic carbocycles. The third kappa shape index (κ3) is 9.18. The predicted molar refractivity (Wildman–Crippen MR) is 73.5 cm³/mol. The molecule has 0 aliphatic rings. The molecule has 116 valence electrons. The molecule has 0 rings (SSSR count). The Kier molecular flexibility index (Phi) is 8.35. The zero-order valence-electron chi connectivity index (χ0n) is 12.2. The normalized spacial score (nSPS) is 13.6. The van der Waals surface area contributed by atoms with E-state index in [9.17, 15) is 14.4 Å². The van der Waals surface area contributed by atoms with E-state index in [4.69, 9.17) is 10.2 Å². The number of hydrogen-bond acceptors (Lipinski definition) is 3. The summed E-state index contributed by atoms with van der Waals surface area (Å²) in [5.41, 5.74) is 0. The van der Waals surface area contributed by atoms with Crippen molar-refractivity contribution in [1.29, 1.82) is 0 Å². The van der Waals surface area contributed by atoms with Gasteiger partial charge in [0, 0.05) is 6.04 Å². The monoisotopic (exact) mass is 288 g/mol. The lowest BCUT2D eigenvalue weighted by atomic mass is 10.0. The highest BCUT2D eigenvalue weighted by Crippen LogP contribution is 2.08. The highest BCUT2D eigenvalue weighted by Gasteiger charge is 2.23. The van der Waals surface area contributed by atoms with E-state index in [2.05, 4.69) is 24.5 Å². The summed E-state index contributed by atoms with van der Waals surface area (Å²) in [6, 6.07) is -2.17. The molecule has 20 heavy (non-hydrogen) atoms. The van der Waals surface area contributed by atoms with Crippen LogP contribution < -0.4 is 10.6 Å². The Hall–Kier alpha value is -1.79. The minimum Gasteiger partial charge on any atom is -0.481 e. The van der Waals surface area contributed by atoms with Crippen LogP contribution >= 0.6 is 0 Å². The summed E-state index contributed by atoms with van der Waals surface area (Å²) in [5, 5.41) is 22.1. The molecule has 0 radical (unpaired) electrons. The average Bonchev–Trinajstić information content (AvgIpc) is 2.26. The summed E-state index contributed by atoms with van der Waals surface area (Å²) in [6.45, 7) is 6.06. The molecule has 7 heteroatoms. The number of carboxylic acid groups (broad SMARTS) is 2. The lowest BCUT2D eigenvalue weighted by molar-refractivity contribution is -0.145. The van der Waals surface area contributed by atoms with Gasteiger partial charge in [0.2, 0.25) is 0 Å². The van der Waals surface area contributed by atoms with Crippen LogP contribution in [0.15, 0.2) is 0 Å². The summed E-state index contributed by atoms with van der Waals surface area (Å²) in [7, 11) is 0. The third-order valence-corrected chi connectivity index (χ3v) is 2.78. The zero-order chi connectivity index (χ0) is 15.7. The molecule has 0 aromatic rings. The first-order valence-electron chi connectivity index (χ1n) is 6.74. The maximum absolute atomic E-state index is 11.6. The third-order valence-electron chi connectivity index (χ3n) is 2.78. The first kappa shape index (κ1) is 18.2. The summed E-state index contributed by atoms with van der Waals surface area (Å²) in [5.74, 6) is -2.04. The van der Waals surface area contributed by atoms with Crippen molar-refractivity contribution in [3.8, 4) is 0 Å². The fourth-order valence-corrected chi connectivity index (χ4v) is 1.70. The van der Waals surface area contributed by atoms with Gasteiger partial charge in [-0.15, -0.1) is 0 Å². The van der Waals surface area contributed by atoms with Gasteiger partial charge >= 0.3 is 18.0 Å². The molecule has 0 fully saturated rings. The van der Waals surface area contributed by atoms with Gasteiger partial charge in [0.05, 0.1) is 6.42 Å². The van der Waals surface area contributed by atoms with Crippen molar-refractivity contribution in [2.45, 2.75) is 58.5 Å². The molecule has 4 N–H and O–H groups in total. The highest BCUT2D eigenvalue weighted by atomic mass is 16.4. The number of amides is 2. The van der Waals surface area contributed by atoms with Gasteiger partial charge in [-0.3, -0.25) is 4.79 Å². The van der Waals surface area contributed by atoms with Crippen LogP contribution in [0.1, 0.15) is 46.5 Å². The molecule has 2 atom stereocenters. The quantitative estimate of drug-likeness (QED) is 0.512. The van der Waals surface area contributed by atoms with Gasteiger partial charge in [-0.25, -0.2) is 9.59 Å². The molecular formula is C13H24N2O5. The second-order valence-corrected chi connectivity index (χ2v) is 5.33. The van der Waals surface area contributed by atoms with Crippen molar-refractivity contribution in [2.75, 3.05) is 0 Å². The average molecular weight is 288 g/mol. The number of carbonyl (C=O) groups is 3. The number of carboxylic acids is 2. The minimum atomic E-state index is -1.42. The Morgan fingerprint density at radius 3 is 2.05 bits per heavy atom. The van der Waals surface area contributed by atoms with Crippen molar-refractivity contribution in [3.05, 3.63) is 0 Å². The van der Waals surface area contributed by atoms with E-state index in [0.717, 1.165) is 19.3 Å². The standard InChI is InChI=1S/C13H24N2O5/c1-8(2)5-4-6-9(3)14-13(20)15-10(12(18)19)7-11(16)17/h8-10H,4-7H2,1-3H3,(H,16,17)(H,18,19)(H2,14,15,20)/t9?,10-/m0/s1. The lowest BCUT2D eigenvalue weighted by Gasteiger charge is -2.17. The topological polar surface area (TPSA) is 116 Å². The van der Waals surface area contributed by atoms with Crippen molar-refractivity contribution >= 4 is 18.0 Å². The van der Waals surface area contributed by atoms with Gasteiger partial charge in [0.1, 0.15) is 6.04 Å². The number of hydrogen-bond donors (Lipinski definition) is 4. The first-order chi connectivity index (χ1) is 9.22. The molecule has 0 aliphatic heterocycles. The van der Waals surface area contributed by atoms with Crippen LogP contribution in [-0.2, 0) is 9.59 Å². The smallest absolute Gasteiger partial charge is 0.326 e. The van der Waals surface area contributed by atoms with E-state index < -0.39 is 30.4 Å². The number of carbonyl (C=O) groups excluding carboxylic acids is 1. The molecule has 0 spiro atoms. The lowest BCUT2D eigenvalue weighted by Crippen LogP contribution is -2.49. The number of aliphatic carboxylic acids is 2. The Labute approximate surface area is 118 Å². The van der Waals surface area contributed by atoms with E-state index in [0.29, 0.717) is 5.92 Å². The first-order valence-corrected chi connectivity index (χ1v) is 6.74. The van der Waals surface area contributed by atoms with E-state index in [1.165, 1.54) is 0 Å². The van der Waals surface area contributed by atoms with Crippen LogP contribution in [-0.4, -0.2) is 40.3 Å². The van der Waals surface area contributed by atoms with E-state index in [1.54, 1.807) is 0 Å². The van der Waals surface area contributed by atoms with E-state index in [1.807, 2.05) is 6.92 Å². The summed E-state index contributed by atoms with van der Waals surface area (Å²) in [6.07, 6.45) is 2.17. The largest absolute Gasteiger partial charge is 0.481 e. The fourth-order valence-electron chi connectivity index (χ4n) is 1.70. The number of rotatable bonds is 9. The zero-order valence-corrected chi connectivity index (χ0v) is 12.2. The summed E-state index contributed by atoms with van der Waals surface area (Å²) >= 11 is 0. The predicted octanol–water partition coefficient (Wildman–Crippen LogP) is 1.43. The van der Waals surface area contributed by atoms with E-state index in [-0.39, 0.29) is 6.04 Å². The minimum absolute atomic E-state index is 0.0898.